The molecule has 0 aromatic heterocycles. The number of aliphatic hydroxyl groups is 1. The third kappa shape index (κ3) is 1.90. The maximum Gasteiger partial charge on any atom is 0.308 e. The van der Waals surface area contributed by atoms with Crippen molar-refractivity contribution in [2.24, 2.45) is 34.5 Å². The third-order valence-corrected chi connectivity index (χ3v) is 8.52. The number of carbonyl (C=O) groups is 1. The lowest BCUT2D eigenvalue weighted by atomic mass is 9.44. The lowest BCUT2D eigenvalue weighted by Crippen LogP contribution is -2.60. The number of halogens is 2. The van der Waals surface area contributed by atoms with Gasteiger partial charge in [0.25, 0.3) is 0 Å². The smallest absolute Gasteiger partial charge is 0.308 e. The molecule has 0 heterocycles. The number of fused-ring (bicyclic) bond motifs is 5. The molecule has 0 saturated heterocycles. The summed E-state index contributed by atoms with van der Waals surface area (Å²) in [7, 11) is 0. The van der Waals surface area contributed by atoms with E-state index in [4.69, 9.17) is 0 Å². The van der Waals surface area contributed by atoms with E-state index in [-0.39, 0.29) is 17.9 Å². The summed E-state index contributed by atoms with van der Waals surface area (Å²) in [4.78, 5) is 11.8. The predicted molar refractivity (Wildman–Crippen MR) is 83.1 cm³/mol. The van der Waals surface area contributed by atoms with E-state index in [0.29, 0.717) is 30.6 Å². The van der Waals surface area contributed by atoms with Crippen LogP contribution in [0.5, 0.6) is 0 Å². The van der Waals surface area contributed by atoms with Crippen LogP contribution in [0.25, 0.3) is 0 Å². The molecule has 0 aromatic carbocycles. The van der Waals surface area contributed by atoms with Gasteiger partial charge in [0.2, 0.25) is 5.78 Å². The third-order valence-electron chi connectivity index (χ3n) is 8.52. The Morgan fingerprint density at radius 1 is 0.957 bits per heavy atom. The highest BCUT2D eigenvalue weighted by Gasteiger charge is 2.66. The fourth-order valence-electron chi connectivity index (χ4n) is 7.13. The standard InChI is InChI=1S/C19H28F2O2/c1-17-10-8-16(23)19(20,21)14(17)5-3-11-12-4-6-15(22)18(12,2)9-7-13(11)17/h11-15,22H,3-10H2,1-2H3/t11-,12-,13+,14?,15?,17+,18-/m0/s1. The Kier molecular flexibility index (Phi) is 3.32. The average molecular weight is 326 g/mol. The van der Waals surface area contributed by atoms with Crippen molar-refractivity contribution in [2.45, 2.75) is 77.2 Å². The van der Waals surface area contributed by atoms with Gasteiger partial charge in [0.1, 0.15) is 0 Å². The molecule has 7 atom stereocenters. The highest BCUT2D eigenvalue weighted by molar-refractivity contribution is 5.87. The molecule has 4 saturated carbocycles. The summed E-state index contributed by atoms with van der Waals surface area (Å²) in [5, 5.41) is 10.4. The minimum atomic E-state index is -3.13. The van der Waals surface area contributed by atoms with E-state index < -0.39 is 23.0 Å². The van der Waals surface area contributed by atoms with Gasteiger partial charge in [-0.1, -0.05) is 13.8 Å². The Hall–Kier alpha value is -0.510. The summed E-state index contributed by atoms with van der Waals surface area (Å²) in [5.41, 5.74) is -0.424. The van der Waals surface area contributed by atoms with Gasteiger partial charge in [0.15, 0.2) is 0 Å². The minimum Gasteiger partial charge on any atom is -0.393 e. The van der Waals surface area contributed by atoms with Crippen LogP contribution in [0.1, 0.15) is 65.2 Å². The number of aliphatic hydroxyl groups excluding tert-OH is 1. The van der Waals surface area contributed by atoms with Gasteiger partial charge < -0.3 is 5.11 Å². The Bertz CT molecular complexity index is 533. The van der Waals surface area contributed by atoms with Crippen molar-refractivity contribution in [3.8, 4) is 0 Å². The average Bonchev–Trinajstić information content (AvgIpc) is 2.79. The van der Waals surface area contributed by atoms with Crippen molar-refractivity contribution in [2.75, 3.05) is 0 Å². The second-order valence-corrected chi connectivity index (χ2v) is 9.20. The van der Waals surface area contributed by atoms with Crippen LogP contribution in [0.15, 0.2) is 0 Å². The van der Waals surface area contributed by atoms with Crippen LogP contribution in [0.3, 0.4) is 0 Å². The van der Waals surface area contributed by atoms with Crippen LogP contribution in [0, 0.1) is 34.5 Å². The number of alkyl halides is 2. The fraction of sp³-hybridized carbons (Fsp3) is 0.947. The van der Waals surface area contributed by atoms with Crippen LogP contribution < -0.4 is 0 Å². The van der Waals surface area contributed by atoms with Gasteiger partial charge in [-0.15, -0.1) is 0 Å². The van der Waals surface area contributed by atoms with Gasteiger partial charge in [-0.05, 0) is 73.5 Å². The summed E-state index contributed by atoms with van der Waals surface area (Å²) in [6.07, 6.45) is 5.49. The van der Waals surface area contributed by atoms with E-state index in [1.54, 1.807) is 0 Å². The van der Waals surface area contributed by atoms with Crippen molar-refractivity contribution in [3.63, 3.8) is 0 Å². The zero-order valence-electron chi connectivity index (χ0n) is 14.2. The second-order valence-electron chi connectivity index (χ2n) is 9.20. The predicted octanol–water partition coefficient (Wildman–Crippen LogP) is 4.20. The zero-order chi connectivity index (χ0) is 16.6. The molecule has 0 bridgehead atoms. The van der Waals surface area contributed by atoms with Gasteiger partial charge in [-0.3, -0.25) is 4.79 Å². The second kappa shape index (κ2) is 4.77. The molecular weight excluding hydrogens is 298 g/mol. The van der Waals surface area contributed by atoms with E-state index in [2.05, 4.69) is 6.92 Å². The molecule has 23 heavy (non-hydrogen) atoms. The molecule has 0 radical (unpaired) electrons. The fourth-order valence-corrected chi connectivity index (χ4v) is 7.13. The maximum absolute atomic E-state index is 14.6. The molecule has 130 valence electrons. The van der Waals surface area contributed by atoms with Crippen molar-refractivity contribution in [3.05, 3.63) is 0 Å². The Labute approximate surface area is 137 Å². The molecule has 0 amide bonds. The van der Waals surface area contributed by atoms with Crippen molar-refractivity contribution in [1.29, 1.82) is 0 Å². The molecular formula is C19H28F2O2. The van der Waals surface area contributed by atoms with Crippen molar-refractivity contribution in [1.82, 2.24) is 0 Å². The maximum atomic E-state index is 14.6. The lowest BCUT2D eigenvalue weighted by molar-refractivity contribution is -0.203. The van der Waals surface area contributed by atoms with Crippen molar-refractivity contribution < 1.29 is 18.7 Å². The summed E-state index contributed by atoms with van der Waals surface area (Å²) in [5.74, 6) is -3.52. The first-order valence-corrected chi connectivity index (χ1v) is 9.30. The topological polar surface area (TPSA) is 37.3 Å². The van der Waals surface area contributed by atoms with E-state index in [1.807, 2.05) is 6.92 Å². The molecule has 0 aliphatic heterocycles. The molecule has 4 aliphatic carbocycles. The van der Waals surface area contributed by atoms with Gasteiger partial charge in [0, 0.05) is 12.3 Å². The number of hydrogen-bond acceptors (Lipinski definition) is 2. The first-order chi connectivity index (χ1) is 10.7. The van der Waals surface area contributed by atoms with Crippen LogP contribution in [0.2, 0.25) is 0 Å². The van der Waals surface area contributed by atoms with E-state index in [9.17, 15) is 18.7 Å². The van der Waals surface area contributed by atoms with Crippen LogP contribution in [-0.4, -0.2) is 22.9 Å². The Balaban J connectivity index is 1.68. The molecule has 4 rings (SSSR count). The first-order valence-electron chi connectivity index (χ1n) is 9.30. The monoisotopic (exact) mass is 326 g/mol. The Morgan fingerprint density at radius 3 is 2.39 bits per heavy atom. The van der Waals surface area contributed by atoms with Gasteiger partial charge >= 0.3 is 5.92 Å². The van der Waals surface area contributed by atoms with Gasteiger partial charge in [0.05, 0.1) is 6.10 Å². The molecule has 4 aliphatic rings. The Morgan fingerprint density at radius 2 is 1.65 bits per heavy atom. The number of carbonyl (C=O) groups excluding carboxylic acids is 1. The normalized spacial score (nSPS) is 55.0. The quantitative estimate of drug-likeness (QED) is 0.724. The number of Topliss-reactive ketones (excluding diaryl/α,β-unsaturated/α-hetero) is 1. The highest BCUT2D eigenvalue weighted by atomic mass is 19.3. The SMILES string of the molecule is C[C@]12CCC(=O)C(F)(F)C1CC[C@@H]1[C@H]2CC[C@]2(C)C(O)CC[C@@H]12. The number of ketones is 1. The summed E-state index contributed by atoms with van der Waals surface area (Å²) < 4.78 is 29.1. The van der Waals surface area contributed by atoms with E-state index in [0.717, 1.165) is 32.1 Å². The molecule has 1 N–H and O–H groups in total. The molecule has 2 nitrogen and oxygen atoms in total. The number of rotatable bonds is 0. The van der Waals surface area contributed by atoms with Crippen LogP contribution >= 0.6 is 0 Å². The molecule has 0 spiro atoms. The van der Waals surface area contributed by atoms with Crippen LogP contribution in [-0.2, 0) is 4.79 Å². The van der Waals surface area contributed by atoms with Gasteiger partial charge in [-0.25, -0.2) is 0 Å². The summed E-state index contributed by atoms with van der Waals surface area (Å²) in [6.45, 7) is 4.24. The first kappa shape index (κ1) is 16.0. The molecule has 2 unspecified atom stereocenters. The van der Waals surface area contributed by atoms with Gasteiger partial charge in [-0.2, -0.15) is 8.78 Å². The molecule has 4 fully saturated rings. The highest BCUT2D eigenvalue weighted by Crippen LogP contribution is 2.67. The lowest BCUT2D eigenvalue weighted by Gasteiger charge is -2.60. The largest absolute Gasteiger partial charge is 0.393 e. The van der Waals surface area contributed by atoms with Crippen molar-refractivity contribution >= 4 is 5.78 Å². The zero-order valence-corrected chi connectivity index (χ0v) is 14.2. The molecule has 4 heteroatoms. The number of hydrogen-bond donors (Lipinski definition) is 1. The van der Waals surface area contributed by atoms with E-state index in [1.165, 1.54) is 0 Å². The summed E-state index contributed by atoms with van der Waals surface area (Å²) in [6, 6.07) is 0. The van der Waals surface area contributed by atoms with E-state index >= 15 is 0 Å². The van der Waals surface area contributed by atoms with Crippen LogP contribution in [0.4, 0.5) is 8.78 Å². The minimum absolute atomic E-state index is 0.0165. The summed E-state index contributed by atoms with van der Waals surface area (Å²) >= 11 is 0. The molecule has 0 aromatic rings.